The second kappa shape index (κ2) is 14.5. The second-order valence-electron chi connectivity index (χ2n) is 9.45. The van der Waals surface area contributed by atoms with Crippen molar-refractivity contribution in [2.75, 3.05) is 0 Å². The Kier molecular flexibility index (Phi) is 11.4. The van der Waals surface area contributed by atoms with Crippen LogP contribution in [-0.2, 0) is 12.8 Å². The summed E-state index contributed by atoms with van der Waals surface area (Å²) in [5.41, 5.74) is 3.79. The van der Waals surface area contributed by atoms with Crippen molar-refractivity contribution < 1.29 is 0 Å². The Hall–Kier alpha value is -1.61. The molecule has 0 unspecified atom stereocenters. The summed E-state index contributed by atoms with van der Waals surface area (Å²) in [5, 5.41) is 0. The molecule has 3 aromatic rings. The standard InChI is InChI=1S/C29H44N2S/c1-3-5-7-9-11-13-15-17-25-19-21-26(22-20-25)28-24-31-23-27(32-29(31)30-28)18-16-14-12-10-8-6-4-2/h19-24H,3-18H2,1-2H3. The van der Waals surface area contributed by atoms with Crippen molar-refractivity contribution >= 4 is 16.3 Å². The predicted octanol–water partition coefficient (Wildman–Crippen LogP) is 9.65. The number of hydrogen-bond acceptors (Lipinski definition) is 2. The first-order valence-corrected chi connectivity index (χ1v) is 14.2. The number of rotatable bonds is 17. The van der Waals surface area contributed by atoms with Gasteiger partial charge in [-0.2, -0.15) is 0 Å². The first-order valence-electron chi connectivity index (χ1n) is 13.4. The van der Waals surface area contributed by atoms with Gasteiger partial charge in [0.15, 0.2) is 4.96 Å². The minimum absolute atomic E-state index is 1.10. The van der Waals surface area contributed by atoms with Gasteiger partial charge < -0.3 is 0 Å². The lowest BCUT2D eigenvalue weighted by atomic mass is 10.0. The van der Waals surface area contributed by atoms with Crippen LogP contribution in [0.1, 0.15) is 114 Å². The van der Waals surface area contributed by atoms with Crippen LogP contribution in [0.3, 0.4) is 0 Å². The van der Waals surface area contributed by atoms with Crippen LogP contribution < -0.4 is 0 Å². The number of aromatic nitrogens is 2. The fourth-order valence-corrected chi connectivity index (χ4v) is 5.48. The van der Waals surface area contributed by atoms with E-state index >= 15 is 0 Å². The Labute approximate surface area is 200 Å². The third-order valence-corrected chi connectivity index (χ3v) is 7.61. The first-order chi connectivity index (χ1) is 15.8. The predicted molar refractivity (Wildman–Crippen MR) is 142 cm³/mol. The van der Waals surface area contributed by atoms with E-state index in [1.807, 2.05) is 11.3 Å². The van der Waals surface area contributed by atoms with Gasteiger partial charge in [0.05, 0.1) is 5.69 Å². The number of benzene rings is 1. The van der Waals surface area contributed by atoms with Gasteiger partial charge in [-0.15, -0.1) is 11.3 Å². The molecule has 2 aromatic heterocycles. The summed E-state index contributed by atoms with van der Waals surface area (Å²) < 4.78 is 2.23. The Bertz CT molecular complexity index is 843. The van der Waals surface area contributed by atoms with Gasteiger partial charge >= 0.3 is 0 Å². The van der Waals surface area contributed by atoms with Crippen molar-refractivity contribution in [1.29, 1.82) is 0 Å². The van der Waals surface area contributed by atoms with Crippen LogP contribution in [0, 0.1) is 0 Å². The highest BCUT2D eigenvalue weighted by Crippen LogP contribution is 2.26. The van der Waals surface area contributed by atoms with Crippen molar-refractivity contribution in [3.63, 3.8) is 0 Å². The van der Waals surface area contributed by atoms with Crippen molar-refractivity contribution in [3.8, 4) is 11.3 Å². The molecule has 0 amide bonds. The third-order valence-electron chi connectivity index (χ3n) is 6.55. The van der Waals surface area contributed by atoms with Gasteiger partial charge in [-0.25, -0.2) is 4.98 Å². The van der Waals surface area contributed by atoms with E-state index in [1.54, 1.807) is 0 Å². The van der Waals surface area contributed by atoms with E-state index in [2.05, 4.69) is 54.9 Å². The quantitative estimate of drug-likeness (QED) is 0.186. The van der Waals surface area contributed by atoms with Gasteiger partial charge in [-0.1, -0.05) is 115 Å². The highest BCUT2D eigenvalue weighted by molar-refractivity contribution is 7.17. The average molecular weight is 453 g/mol. The van der Waals surface area contributed by atoms with E-state index in [0.717, 1.165) is 10.7 Å². The van der Waals surface area contributed by atoms with Crippen molar-refractivity contribution in [3.05, 3.63) is 47.1 Å². The molecular weight excluding hydrogens is 408 g/mol. The molecule has 0 aliphatic heterocycles. The normalized spacial score (nSPS) is 11.6. The van der Waals surface area contributed by atoms with Gasteiger partial charge in [-0.3, -0.25) is 4.40 Å². The molecule has 0 atom stereocenters. The van der Waals surface area contributed by atoms with Crippen molar-refractivity contribution in [2.45, 2.75) is 117 Å². The van der Waals surface area contributed by atoms with Crippen LogP contribution in [0.4, 0.5) is 0 Å². The molecule has 2 nitrogen and oxygen atoms in total. The van der Waals surface area contributed by atoms with E-state index in [-0.39, 0.29) is 0 Å². The lowest BCUT2D eigenvalue weighted by molar-refractivity contribution is 0.589. The Balaban J connectivity index is 1.40. The van der Waals surface area contributed by atoms with Gasteiger partial charge in [0.25, 0.3) is 0 Å². The van der Waals surface area contributed by atoms with Crippen LogP contribution in [0.25, 0.3) is 16.2 Å². The van der Waals surface area contributed by atoms with Gasteiger partial charge in [0, 0.05) is 22.8 Å². The third kappa shape index (κ3) is 8.39. The molecule has 3 heteroatoms. The monoisotopic (exact) mass is 452 g/mol. The summed E-state index contributed by atoms with van der Waals surface area (Å²) in [6.45, 7) is 4.57. The summed E-state index contributed by atoms with van der Waals surface area (Å²) in [6.07, 6.45) is 26.1. The maximum Gasteiger partial charge on any atom is 0.194 e. The second-order valence-corrected chi connectivity index (χ2v) is 10.5. The van der Waals surface area contributed by atoms with Crippen molar-refractivity contribution in [1.82, 2.24) is 9.38 Å². The summed E-state index contributed by atoms with van der Waals surface area (Å²) in [6, 6.07) is 9.10. The maximum atomic E-state index is 4.90. The summed E-state index contributed by atoms with van der Waals surface area (Å²) in [4.78, 5) is 7.50. The fourth-order valence-electron chi connectivity index (χ4n) is 4.48. The number of hydrogen-bond donors (Lipinski definition) is 0. The summed E-state index contributed by atoms with van der Waals surface area (Å²) in [7, 11) is 0. The Morgan fingerprint density at radius 2 is 1.22 bits per heavy atom. The van der Waals surface area contributed by atoms with Crippen LogP contribution in [0.15, 0.2) is 36.7 Å². The van der Waals surface area contributed by atoms with E-state index in [1.165, 1.54) is 119 Å². The average Bonchev–Trinajstić information content (AvgIpc) is 3.37. The number of nitrogens with zero attached hydrogens (tertiary/aromatic N) is 2. The van der Waals surface area contributed by atoms with Gasteiger partial charge in [-0.05, 0) is 31.2 Å². The Morgan fingerprint density at radius 1 is 0.656 bits per heavy atom. The number of thiazole rings is 1. The number of fused-ring (bicyclic) bond motifs is 1. The molecule has 0 N–H and O–H groups in total. The van der Waals surface area contributed by atoms with E-state index in [4.69, 9.17) is 4.98 Å². The SMILES string of the molecule is CCCCCCCCCc1ccc(-c2cn3cc(CCCCCCCCC)sc3n2)cc1. The van der Waals surface area contributed by atoms with Crippen LogP contribution >= 0.6 is 11.3 Å². The molecule has 0 aliphatic rings. The first kappa shape index (κ1) is 25.0. The molecule has 32 heavy (non-hydrogen) atoms. The van der Waals surface area contributed by atoms with Gasteiger partial charge in [0.1, 0.15) is 0 Å². The minimum atomic E-state index is 1.10. The molecule has 0 bridgehead atoms. The minimum Gasteiger partial charge on any atom is -0.297 e. The largest absolute Gasteiger partial charge is 0.297 e. The number of imidazole rings is 1. The van der Waals surface area contributed by atoms with Gasteiger partial charge in [0.2, 0.25) is 0 Å². The lowest BCUT2D eigenvalue weighted by Gasteiger charge is -2.04. The van der Waals surface area contributed by atoms with E-state index in [9.17, 15) is 0 Å². The molecule has 0 spiro atoms. The summed E-state index contributed by atoms with van der Waals surface area (Å²) in [5.74, 6) is 0. The molecule has 1 aromatic carbocycles. The smallest absolute Gasteiger partial charge is 0.194 e. The molecule has 0 saturated heterocycles. The highest BCUT2D eigenvalue weighted by atomic mass is 32.1. The molecule has 0 aliphatic carbocycles. The Morgan fingerprint density at radius 3 is 1.81 bits per heavy atom. The molecule has 0 radical (unpaired) electrons. The molecule has 176 valence electrons. The molecule has 2 heterocycles. The van der Waals surface area contributed by atoms with E-state index < -0.39 is 0 Å². The zero-order valence-corrected chi connectivity index (χ0v) is 21.4. The maximum absolute atomic E-state index is 4.90. The molecular formula is C29H44N2S. The lowest BCUT2D eigenvalue weighted by Crippen LogP contribution is -1.87. The van der Waals surface area contributed by atoms with Crippen LogP contribution in [0.5, 0.6) is 0 Å². The molecule has 3 rings (SSSR count). The molecule has 0 saturated carbocycles. The molecule has 0 fully saturated rings. The number of aryl methyl sites for hydroxylation is 2. The fraction of sp³-hybridized carbons (Fsp3) is 0.621. The van der Waals surface area contributed by atoms with Crippen LogP contribution in [-0.4, -0.2) is 9.38 Å². The zero-order chi connectivity index (χ0) is 22.4. The van der Waals surface area contributed by atoms with E-state index in [0.29, 0.717) is 0 Å². The van der Waals surface area contributed by atoms with Crippen LogP contribution in [0.2, 0.25) is 0 Å². The highest BCUT2D eigenvalue weighted by Gasteiger charge is 2.08. The number of unbranched alkanes of at least 4 members (excludes halogenated alkanes) is 12. The zero-order valence-electron chi connectivity index (χ0n) is 20.6. The van der Waals surface area contributed by atoms with Crippen molar-refractivity contribution in [2.24, 2.45) is 0 Å². The topological polar surface area (TPSA) is 17.3 Å². The summed E-state index contributed by atoms with van der Waals surface area (Å²) >= 11 is 1.86.